The number of hydrogen-bond acceptors (Lipinski definition) is 5. The highest BCUT2D eigenvalue weighted by molar-refractivity contribution is 5.79. The molecule has 0 unspecified atom stereocenters. The Bertz CT molecular complexity index is 849. The van der Waals surface area contributed by atoms with Crippen LogP contribution in [-0.2, 0) is 11.2 Å². The average molecular weight is 397 g/mol. The first-order valence-corrected chi connectivity index (χ1v) is 10.4. The normalized spacial score (nSPS) is 14.8. The minimum atomic E-state index is 0.177. The number of nitrogens with zero attached hydrogens (tertiary/aromatic N) is 4. The summed E-state index contributed by atoms with van der Waals surface area (Å²) in [7, 11) is 1.65. The zero-order chi connectivity index (χ0) is 21.0. The van der Waals surface area contributed by atoms with E-state index in [4.69, 9.17) is 9.72 Å². The summed E-state index contributed by atoms with van der Waals surface area (Å²) < 4.78 is 5.19. The van der Waals surface area contributed by atoms with Gasteiger partial charge in [0.15, 0.2) is 0 Å². The number of aromatic nitrogens is 2. The molecule has 1 aliphatic heterocycles. The highest BCUT2D eigenvalue weighted by atomic mass is 16.5. The molecule has 29 heavy (non-hydrogen) atoms. The monoisotopic (exact) mass is 396 g/mol. The molecule has 156 valence electrons. The number of carbonyl (C=O) groups is 1. The Hall–Kier alpha value is -2.63. The molecule has 2 heterocycles. The van der Waals surface area contributed by atoms with E-state index in [9.17, 15) is 4.79 Å². The number of aryl methyl sites for hydroxylation is 2. The topological polar surface area (TPSA) is 58.6 Å². The van der Waals surface area contributed by atoms with E-state index in [1.54, 1.807) is 7.11 Å². The number of carbonyl (C=O) groups excluding carboxylic acids is 1. The van der Waals surface area contributed by atoms with E-state index in [1.807, 2.05) is 36.1 Å². The molecule has 1 aromatic heterocycles. The van der Waals surface area contributed by atoms with Crippen molar-refractivity contribution in [1.29, 1.82) is 0 Å². The highest BCUT2D eigenvalue weighted by Crippen LogP contribution is 2.29. The van der Waals surface area contributed by atoms with Crippen molar-refractivity contribution in [3.8, 4) is 5.75 Å². The maximum atomic E-state index is 12.9. The van der Waals surface area contributed by atoms with Crippen LogP contribution in [0.4, 0.5) is 5.82 Å². The molecule has 0 bridgehead atoms. The van der Waals surface area contributed by atoms with E-state index in [0.29, 0.717) is 18.9 Å². The van der Waals surface area contributed by atoms with Crippen molar-refractivity contribution in [2.45, 2.75) is 46.5 Å². The fourth-order valence-corrected chi connectivity index (χ4v) is 4.03. The predicted molar refractivity (Wildman–Crippen MR) is 116 cm³/mol. The summed E-state index contributed by atoms with van der Waals surface area (Å²) in [4.78, 5) is 26.5. The molecule has 1 fully saturated rings. The van der Waals surface area contributed by atoms with Crippen LogP contribution < -0.4 is 9.64 Å². The summed E-state index contributed by atoms with van der Waals surface area (Å²) in [6.45, 7) is 11.6. The summed E-state index contributed by atoms with van der Waals surface area (Å²) in [6, 6.07) is 7.73. The van der Waals surface area contributed by atoms with Gasteiger partial charge in [-0.25, -0.2) is 9.97 Å². The number of hydrogen-bond donors (Lipinski definition) is 0. The first kappa shape index (κ1) is 21.1. The van der Waals surface area contributed by atoms with Gasteiger partial charge in [-0.15, -0.1) is 0 Å². The Morgan fingerprint density at radius 2 is 1.79 bits per heavy atom. The summed E-state index contributed by atoms with van der Waals surface area (Å²) in [5.41, 5.74) is 3.29. The van der Waals surface area contributed by atoms with Gasteiger partial charge in [0.1, 0.15) is 17.4 Å². The average Bonchev–Trinajstić information content (AvgIpc) is 2.94. The molecule has 0 radical (unpaired) electrons. The largest absolute Gasteiger partial charge is 0.497 e. The van der Waals surface area contributed by atoms with Crippen molar-refractivity contribution < 1.29 is 9.53 Å². The zero-order valence-electron chi connectivity index (χ0n) is 18.2. The van der Waals surface area contributed by atoms with Crippen LogP contribution in [-0.4, -0.2) is 54.1 Å². The Kier molecular flexibility index (Phi) is 6.72. The second-order valence-corrected chi connectivity index (χ2v) is 7.99. The highest BCUT2D eigenvalue weighted by Gasteiger charge is 2.24. The van der Waals surface area contributed by atoms with E-state index in [1.165, 1.54) is 5.56 Å². The van der Waals surface area contributed by atoms with Gasteiger partial charge < -0.3 is 14.5 Å². The molecule has 1 saturated heterocycles. The van der Waals surface area contributed by atoms with Crippen LogP contribution in [0.2, 0.25) is 0 Å². The quantitative estimate of drug-likeness (QED) is 0.774. The lowest BCUT2D eigenvalue weighted by Crippen LogP contribution is -2.36. The van der Waals surface area contributed by atoms with Crippen molar-refractivity contribution in [2.24, 2.45) is 0 Å². The standard InChI is InChI=1S/C23H32N4O2/c1-16(2)22-17(3)24-18(4)25-23(22)27-12-6-11-26(13-14-27)21(28)15-19-7-9-20(29-5)10-8-19/h7-10,16H,6,11-15H2,1-5H3. The molecular weight excluding hydrogens is 364 g/mol. The molecule has 6 heteroatoms. The lowest BCUT2D eigenvalue weighted by molar-refractivity contribution is -0.130. The molecule has 1 aliphatic rings. The number of benzene rings is 1. The molecule has 1 amide bonds. The van der Waals surface area contributed by atoms with Crippen molar-refractivity contribution in [2.75, 3.05) is 38.2 Å². The number of amides is 1. The number of ether oxygens (including phenoxy) is 1. The third-order valence-electron chi connectivity index (χ3n) is 5.47. The second-order valence-electron chi connectivity index (χ2n) is 7.99. The van der Waals surface area contributed by atoms with Crippen molar-refractivity contribution in [3.63, 3.8) is 0 Å². The smallest absolute Gasteiger partial charge is 0.227 e. The summed E-state index contributed by atoms with van der Waals surface area (Å²) >= 11 is 0. The maximum Gasteiger partial charge on any atom is 0.227 e. The predicted octanol–water partition coefficient (Wildman–Crippen LogP) is 3.51. The van der Waals surface area contributed by atoms with Gasteiger partial charge in [-0.05, 0) is 43.9 Å². The summed E-state index contributed by atoms with van der Waals surface area (Å²) in [5.74, 6) is 3.19. The minimum absolute atomic E-state index is 0.177. The fourth-order valence-electron chi connectivity index (χ4n) is 4.03. The minimum Gasteiger partial charge on any atom is -0.497 e. The van der Waals surface area contributed by atoms with Gasteiger partial charge in [0, 0.05) is 37.4 Å². The van der Waals surface area contributed by atoms with Gasteiger partial charge in [-0.2, -0.15) is 0 Å². The Morgan fingerprint density at radius 3 is 2.45 bits per heavy atom. The van der Waals surface area contributed by atoms with E-state index < -0.39 is 0 Å². The maximum absolute atomic E-state index is 12.9. The molecule has 1 aromatic carbocycles. The molecule has 2 aromatic rings. The van der Waals surface area contributed by atoms with Crippen LogP contribution in [0, 0.1) is 13.8 Å². The molecule has 3 rings (SSSR count). The van der Waals surface area contributed by atoms with Gasteiger partial charge in [0.25, 0.3) is 0 Å². The van der Waals surface area contributed by atoms with Crippen LogP contribution in [0.1, 0.15) is 48.8 Å². The number of methoxy groups -OCH3 is 1. The Labute approximate surface area is 173 Å². The molecule has 0 atom stereocenters. The van der Waals surface area contributed by atoms with Crippen LogP contribution in [0.25, 0.3) is 0 Å². The van der Waals surface area contributed by atoms with Crippen LogP contribution >= 0.6 is 0 Å². The van der Waals surface area contributed by atoms with Crippen LogP contribution in [0.3, 0.4) is 0 Å². The molecule has 0 spiro atoms. The van der Waals surface area contributed by atoms with E-state index in [0.717, 1.165) is 54.7 Å². The van der Waals surface area contributed by atoms with Crippen LogP contribution in [0.5, 0.6) is 5.75 Å². The first-order chi connectivity index (χ1) is 13.9. The first-order valence-electron chi connectivity index (χ1n) is 10.4. The number of rotatable bonds is 5. The van der Waals surface area contributed by atoms with Gasteiger partial charge in [-0.1, -0.05) is 26.0 Å². The van der Waals surface area contributed by atoms with Gasteiger partial charge in [0.05, 0.1) is 13.5 Å². The third-order valence-corrected chi connectivity index (χ3v) is 5.47. The molecule has 0 aliphatic carbocycles. The zero-order valence-corrected chi connectivity index (χ0v) is 18.2. The SMILES string of the molecule is COc1ccc(CC(=O)N2CCCN(c3nc(C)nc(C)c3C(C)C)CC2)cc1. The van der Waals surface area contributed by atoms with Crippen LogP contribution in [0.15, 0.2) is 24.3 Å². The van der Waals surface area contributed by atoms with Crippen molar-refractivity contribution in [3.05, 3.63) is 46.9 Å². The molecule has 0 N–H and O–H groups in total. The lowest BCUT2D eigenvalue weighted by atomic mass is 10.0. The van der Waals surface area contributed by atoms with Crippen molar-refractivity contribution >= 4 is 11.7 Å². The van der Waals surface area contributed by atoms with Crippen molar-refractivity contribution in [1.82, 2.24) is 14.9 Å². The summed E-state index contributed by atoms with van der Waals surface area (Å²) in [5, 5.41) is 0. The van der Waals surface area contributed by atoms with Gasteiger partial charge in [0.2, 0.25) is 5.91 Å². The molecular formula is C23H32N4O2. The fraction of sp³-hybridized carbons (Fsp3) is 0.522. The second kappa shape index (κ2) is 9.25. The van der Waals surface area contributed by atoms with E-state index in [-0.39, 0.29) is 5.91 Å². The molecule has 0 saturated carbocycles. The Balaban J connectivity index is 1.69. The van der Waals surface area contributed by atoms with Gasteiger partial charge in [-0.3, -0.25) is 4.79 Å². The van der Waals surface area contributed by atoms with Gasteiger partial charge >= 0.3 is 0 Å². The lowest BCUT2D eigenvalue weighted by Gasteiger charge is -2.27. The summed E-state index contributed by atoms with van der Waals surface area (Å²) in [6.07, 6.45) is 1.36. The van der Waals surface area contributed by atoms with E-state index >= 15 is 0 Å². The Morgan fingerprint density at radius 1 is 1.07 bits per heavy atom. The third kappa shape index (κ3) is 5.05. The van der Waals surface area contributed by atoms with E-state index in [2.05, 4.69) is 30.7 Å². The molecule has 6 nitrogen and oxygen atoms in total. The number of anilines is 1.